The SMILES string of the molecule is CSc1ccc([C@@H]2C3=C(C[C@@H](C)CC3=O)Nc3nc(C(F)(F)F)nn32)cc1. The Balaban J connectivity index is 1.88. The van der Waals surface area contributed by atoms with Gasteiger partial charge < -0.3 is 5.32 Å². The monoisotopic (exact) mass is 394 g/mol. The van der Waals surface area contributed by atoms with Crippen molar-refractivity contribution >= 4 is 23.5 Å². The van der Waals surface area contributed by atoms with Gasteiger partial charge in [-0.1, -0.05) is 19.1 Å². The lowest BCUT2D eigenvalue weighted by Gasteiger charge is -2.34. The van der Waals surface area contributed by atoms with E-state index in [2.05, 4.69) is 15.4 Å². The lowest BCUT2D eigenvalue weighted by molar-refractivity contribution is -0.145. The average Bonchev–Trinajstić information content (AvgIpc) is 3.04. The third-order valence-electron chi connectivity index (χ3n) is 4.81. The molecule has 0 amide bonds. The Morgan fingerprint density at radius 2 is 1.93 bits per heavy atom. The number of hydrogen-bond acceptors (Lipinski definition) is 5. The number of aromatic nitrogens is 3. The smallest absolute Gasteiger partial charge is 0.328 e. The van der Waals surface area contributed by atoms with Gasteiger partial charge in [-0.25, -0.2) is 4.68 Å². The summed E-state index contributed by atoms with van der Waals surface area (Å²) in [5.74, 6) is -1.14. The van der Waals surface area contributed by atoms with Gasteiger partial charge in [-0.05, 0) is 36.3 Å². The minimum absolute atomic E-state index is 0.0157. The molecule has 0 spiro atoms. The Labute approximate surface area is 158 Å². The predicted octanol–water partition coefficient (Wildman–Crippen LogP) is 4.29. The topological polar surface area (TPSA) is 59.8 Å². The normalized spacial score (nSPS) is 22.3. The summed E-state index contributed by atoms with van der Waals surface area (Å²) >= 11 is 1.57. The molecular formula is C18H17F3N4OS. The molecule has 0 saturated heterocycles. The van der Waals surface area contributed by atoms with Crippen LogP contribution in [0.5, 0.6) is 0 Å². The largest absolute Gasteiger partial charge is 0.453 e. The molecule has 5 nitrogen and oxygen atoms in total. The first-order valence-corrected chi connectivity index (χ1v) is 9.71. The third kappa shape index (κ3) is 3.13. The summed E-state index contributed by atoms with van der Waals surface area (Å²) in [5.41, 5.74) is 1.84. The number of carbonyl (C=O) groups excluding carboxylic acids is 1. The van der Waals surface area contributed by atoms with Crippen LogP contribution in [0.4, 0.5) is 19.1 Å². The Morgan fingerprint density at radius 1 is 1.22 bits per heavy atom. The first kappa shape index (κ1) is 18.1. The first-order valence-electron chi connectivity index (χ1n) is 8.49. The molecule has 1 aromatic carbocycles. The number of nitrogens with one attached hydrogen (secondary N) is 1. The van der Waals surface area contributed by atoms with E-state index in [4.69, 9.17) is 0 Å². The van der Waals surface area contributed by atoms with Gasteiger partial charge in [-0.3, -0.25) is 4.79 Å². The van der Waals surface area contributed by atoms with E-state index in [9.17, 15) is 18.0 Å². The average molecular weight is 394 g/mol. The highest BCUT2D eigenvalue weighted by atomic mass is 32.2. The Kier molecular flexibility index (Phi) is 4.29. The van der Waals surface area contributed by atoms with Gasteiger partial charge in [0.15, 0.2) is 5.78 Å². The number of benzene rings is 1. The van der Waals surface area contributed by atoms with Crippen molar-refractivity contribution in [2.75, 3.05) is 11.6 Å². The lowest BCUT2D eigenvalue weighted by atomic mass is 9.81. The second kappa shape index (κ2) is 6.40. The van der Waals surface area contributed by atoms with Crippen molar-refractivity contribution in [3.8, 4) is 0 Å². The number of rotatable bonds is 2. The Hall–Kier alpha value is -2.29. The fourth-order valence-corrected chi connectivity index (χ4v) is 4.03. The highest BCUT2D eigenvalue weighted by Gasteiger charge is 2.42. The summed E-state index contributed by atoms with van der Waals surface area (Å²) < 4.78 is 40.7. The van der Waals surface area contributed by atoms with E-state index < -0.39 is 18.0 Å². The second-order valence-corrected chi connectivity index (χ2v) is 7.71. The van der Waals surface area contributed by atoms with Gasteiger partial charge in [0.25, 0.3) is 5.82 Å². The van der Waals surface area contributed by atoms with E-state index in [0.29, 0.717) is 29.7 Å². The Morgan fingerprint density at radius 3 is 2.56 bits per heavy atom. The fraction of sp³-hybridized carbons (Fsp3) is 0.389. The molecule has 0 fully saturated rings. The maximum absolute atomic E-state index is 13.2. The molecule has 2 aromatic rings. The molecule has 4 rings (SSSR count). The zero-order chi connectivity index (χ0) is 19.3. The summed E-state index contributed by atoms with van der Waals surface area (Å²) in [6, 6.07) is 6.72. The van der Waals surface area contributed by atoms with E-state index in [0.717, 1.165) is 4.90 Å². The maximum Gasteiger partial charge on any atom is 0.453 e. The number of thioether (sulfide) groups is 1. The van der Waals surface area contributed by atoms with Gasteiger partial charge in [0, 0.05) is 22.6 Å². The quantitative estimate of drug-likeness (QED) is 0.770. The minimum atomic E-state index is -4.66. The molecule has 1 aliphatic heterocycles. The van der Waals surface area contributed by atoms with E-state index in [1.807, 2.05) is 37.4 Å². The number of Topliss-reactive ketones (excluding diaryl/α,β-unsaturated/α-hetero) is 1. The number of carbonyl (C=O) groups is 1. The maximum atomic E-state index is 13.2. The zero-order valence-electron chi connectivity index (χ0n) is 14.7. The predicted molar refractivity (Wildman–Crippen MR) is 95.4 cm³/mol. The van der Waals surface area contributed by atoms with Crippen molar-refractivity contribution < 1.29 is 18.0 Å². The van der Waals surface area contributed by atoms with E-state index in [1.165, 1.54) is 4.68 Å². The number of ketones is 1. The molecule has 0 bridgehead atoms. The fourth-order valence-electron chi connectivity index (χ4n) is 3.62. The molecule has 0 saturated carbocycles. The number of allylic oxidation sites excluding steroid dienone is 2. The highest BCUT2D eigenvalue weighted by Crippen LogP contribution is 2.42. The van der Waals surface area contributed by atoms with Crippen LogP contribution in [0.2, 0.25) is 0 Å². The molecule has 0 radical (unpaired) electrons. The molecule has 2 atom stereocenters. The zero-order valence-corrected chi connectivity index (χ0v) is 15.5. The second-order valence-electron chi connectivity index (χ2n) is 6.83. The summed E-state index contributed by atoms with van der Waals surface area (Å²) in [4.78, 5) is 17.4. The standard InChI is InChI=1S/C18H17F3N4OS/c1-9-7-12-14(13(26)8-9)15(10-3-5-11(27-2)6-4-10)25-17(22-12)23-16(24-25)18(19,20)21/h3-6,9,15H,7-8H2,1-2H3,(H,22,23,24)/t9-,15-/m1/s1. The summed E-state index contributed by atoms with van der Waals surface area (Å²) in [5, 5.41) is 6.61. The van der Waals surface area contributed by atoms with E-state index in [-0.39, 0.29) is 17.6 Å². The van der Waals surface area contributed by atoms with Crippen LogP contribution in [-0.4, -0.2) is 26.8 Å². The summed E-state index contributed by atoms with van der Waals surface area (Å²) in [6.07, 6.45) is -1.75. The van der Waals surface area contributed by atoms with Crippen LogP contribution in [0.25, 0.3) is 0 Å². The molecular weight excluding hydrogens is 377 g/mol. The van der Waals surface area contributed by atoms with Crippen LogP contribution < -0.4 is 5.32 Å². The molecule has 1 aliphatic carbocycles. The molecule has 0 unspecified atom stereocenters. The summed E-state index contributed by atoms with van der Waals surface area (Å²) in [6.45, 7) is 1.95. The number of hydrogen-bond donors (Lipinski definition) is 1. The van der Waals surface area contributed by atoms with Gasteiger partial charge in [0.1, 0.15) is 6.04 Å². The Bertz CT molecular complexity index is 933. The van der Waals surface area contributed by atoms with Crippen LogP contribution in [0.3, 0.4) is 0 Å². The van der Waals surface area contributed by atoms with E-state index in [1.54, 1.807) is 11.8 Å². The number of fused-ring (bicyclic) bond motifs is 1. The highest BCUT2D eigenvalue weighted by molar-refractivity contribution is 7.98. The van der Waals surface area contributed by atoms with Gasteiger partial charge in [0.2, 0.25) is 5.95 Å². The molecule has 9 heteroatoms. The van der Waals surface area contributed by atoms with Gasteiger partial charge in [0.05, 0.1) is 0 Å². The van der Waals surface area contributed by atoms with Crippen LogP contribution in [0, 0.1) is 5.92 Å². The van der Waals surface area contributed by atoms with Crippen molar-refractivity contribution in [3.05, 3.63) is 46.9 Å². The molecule has 1 N–H and O–H groups in total. The van der Waals surface area contributed by atoms with Crippen LogP contribution in [0.1, 0.15) is 37.2 Å². The van der Waals surface area contributed by atoms with Gasteiger partial charge in [-0.15, -0.1) is 16.9 Å². The van der Waals surface area contributed by atoms with Gasteiger partial charge in [-0.2, -0.15) is 18.2 Å². The molecule has 2 heterocycles. The van der Waals surface area contributed by atoms with Gasteiger partial charge >= 0.3 is 6.18 Å². The first-order chi connectivity index (χ1) is 12.8. The summed E-state index contributed by atoms with van der Waals surface area (Å²) in [7, 11) is 0. The molecule has 2 aliphatic rings. The van der Waals surface area contributed by atoms with Crippen molar-refractivity contribution in [1.82, 2.24) is 14.8 Å². The lowest BCUT2D eigenvalue weighted by Crippen LogP contribution is -2.33. The van der Waals surface area contributed by atoms with Crippen LogP contribution >= 0.6 is 11.8 Å². The van der Waals surface area contributed by atoms with Crippen molar-refractivity contribution in [1.29, 1.82) is 0 Å². The van der Waals surface area contributed by atoms with Crippen molar-refractivity contribution in [2.24, 2.45) is 5.92 Å². The molecule has 27 heavy (non-hydrogen) atoms. The number of halogens is 3. The third-order valence-corrected chi connectivity index (χ3v) is 5.55. The van der Waals surface area contributed by atoms with Crippen LogP contribution in [0.15, 0.2) is 40.4 Å². The van der Waals surface area contributed by atoms with E-state index >= 15 is 0 Å². The van der Waals surface area contributed by atoms with Crippen LogP contribution in [-0.2, 0) is 11.0 Å². The molecule has 1 aromatic heterocycles. The molecule has 142 valence electrons. The minimum Gasteiger partial charge on any atom is -0.328 e. The number of alkyl halides is 3. The number of nitrogens with zero attached hydrogens (tertiary/aromatic N) is 3. The van der Waals surface area contributed by atoms with Crippen molar-refractivity contribution in [2.45, 2.75) is 36.9 Å². The number of anilines is 1. The van der Waals surface area contributed by atoms with Crippen molar-refractivity contribution in [3.63, 3.8) is 0 Å².